The summed E-state index contributed by atoms with van der Waals surface area (Å²) in [6.07, 6.45) is -4.38. The van der Waals surface area contributed by atoms with Crippen LogP contribution in [0.1, 0.15) is 42.9 Å². The Balaban J connectivity index is 1.80. The van der Waals surface area contributed by atoms with Gasteiger partial charge in [0.05, 0.1) is 5.56 Å². The molecule has 1 fully saturated rings. The minimum absolute atomic E-state index is 0.104. The van der Waals surface area contributed by atoms with Crippen LogP contribution in [0.25, 0.3) is 0 Å². The fourth-order valence-electron chi connectivity index (χ4n) is 3.49. The largest absolute Gasteiger partial charge is 0.459 e. The van der Waals surface area contributed by atoms with Gasteiger partial charge in [0.2, 0.25) is 0 Å². The smallest absolute Gasteiger partial charge is 0.338 e. The van der Waals surface area contributed by atoms with Crippen molar-refractivity contribution in [1.82, 2.24) is 9.13 Å². The minimum Gasteiger partial charge on any atom is -0.459 e. The quantitative estimate of drug-likeness (QED) is 0.556. The van der Waals surface area contributed by atoms with Gasteiger partial charge in [-0.05, 0) is 39.8 Å². The standard InChI is InChI=1S/C23H28N2O9/c1-13-10-25(22(31)24(19(13)29)11-16(26)34-23(2,3)4)20-18(28)17(27)15(33-20)12-32-21(30)14-8-6-5-7-9-14/h5-10,15,17-18,20,27-28H,11-12H2,1-4H3/t15-,17-,18-,20-/m1/s1. The van der Waals surface area contributed by atoms with Crippen LogP contribution in [0.5, 0.6) is 0 Å². The Hall–Kier alpha value is -3.28. The first-order valence-corrected chi connectivity index (χ1v) is 10.7. The number of esters is 2. The fourth-order valence-corrected chi connectivity index (χ4v) is 3.49. The van der Waals surface area contributed by atoms with Gasteiger partial charge in [0.25, 0.3) is 5.56 Å². The molecule has 1 aliphatic heterocycles. The second-order valence-corrected chi connectivity index (χ2v) is 8.99. The SMILES string of the molecule is Cc1cn([C@@H]2O[C@H](COC(=O)c3ccccc3)[C@@H](O)[C@H]2O)c(=O)n(CC(=O)OC(C)(C)C)c1=O. The Bertz CT molecular complexity index is 1160. The number of rotatable bonds is 6. The number of aliphatic hydroxyl groups excluding tert-OH is 2. The molecule has 1 aromatic carbocycles. The number of aryl methyl sites for hydroxylation is 1. The number of ether oxygens (including phenoxy) is 3. The van der Waals surface area contributed by atoms with E-state index >= 15 is 0 Å². The van der Waals surface area contributed by atoms with Crippen LogP contribution in [0.4, 0.5) is 0 Å². The molecule has 2 aromatic rings. The van der Waals surface area contributed by atoms with Crippen LogP contribution in [-0.4, -0.2) is 61.8 Å². The monoisotopic (exact) mass is 476 g/mol. The van der Waals surface area contributed by atoms with Crippen molar-refractivity contribution in [3.63, 3.8) is 0 Å². The summed E-state index contributed by atoms with van der Waals surface area (Å²) in [7, 11) is 0. The second kappa shape index (κ2) is 9.92. The summed E-state index contributed by atoms with van der Waals surface area (Å²) in [6.45, 7) is 5.36. The molecule has 4 atom stereocenters. The lowest BCUT2D eigenvalue weighted by Crippen LogP contribution is -2.46. The maximum Gasteiger partial charge on any atom is 0.338 e. The van der Waals surface area contributed by atoms with E-state index in [1.807, 2.05) is 0 Å². The maximum absolute atomic E-state index is 13.0. The van der Waals surface area contributed by atoms with Gasteiger partial charge in [0.1, 0.15) is 37.1 Å². The van der Waals surface area contributed by atoms with Crippen molar-refractivity contribution < 1.29 is 34.0 Å². The summed E-state index contributed by atoms with van der Waals surface area (Å²) in [6, 6.07) is 8.18. The summed E-state index contributed by atoms with van der Waals surface area (Å²) in [5, 5.41) is 20.9. The van der Waals surface area contributed by atoms with Gasteiger partial charge >= 0.3 is 17.6 Å². The number of hydrogen-bond donors (Lipinski definition) is 2. The van der Waals surface area contributed by atoms with Gasteiger partial charge in [-0.3, -0.25) is 14.2 Å². The molecule has 3 rings (SSSR count). The van der Waals surface area contributed by atoms with Crippen molar-refractivity contribution in [2.75, 3.05) is 6.61 Å². The molecule has 11 nitrogen and oxygen atoms in total. The molecule has 0 spiro atoms. The first kappa shape index (κ1) is 25.3. The summed E-state index contributed by atoms with van der Waals surface area (Å²) < 4.78 is 17.6. The summed E-state index contributed by atoms with van der Waals surface area (Å²) in [5.74, 6) is -1.43. The van der Waals surface area contributed by atoms with Gasteiger partial charge in [-0.1, -0.05) is 18.2 Å². The number of hydrogen-bond acceptors (Lipinski definition) is 9. The number of carbonyl (C=O) groups is 2. The highest BCUT2D eigenvalue weighted by atomic mass is 16.6. The highest BCUT2D eigenvalue weighted by Crippen LogP contribution is 2.28. The molecule has 2 N–H and O–H groups in total. The first-order valence-electron chi connectivity index (χ1n) is 10.7. The lowest BCUT2D eigenvalue weighted by molar-refractivity contribution is -0.155. The molecule has 1 saturated heterocycles. The molecule has 0 aliphatic carbocycles. The molecule has 0 unspecified atom stereocenters. The van der Waals surface area contributed by atoms with Crippen LogP contribution in [0.2, 0.25) is 0 Å². The number of nitrogens with zero attached hydrogens (tertiary/aromatic N) is 2. The number of aliphatic hydroxyl groups is 2. The second-order valence-electron chi connectivity index (χ2n) is 8.99. The van der Waals surface area contributed by atoms with E-state index in [9.17, 15) is 29.4 Å². The first-order chi connectivity index (χ1) is 15.9. The summed E-state index contributed by atoms with van der Waals surface area (Å²) in [5.41, 5.74) is -2.04. The molecule has 1 aromatic heterocycles. The van der Waals surface area contributed by atoms with Gasteiger partial charge in [-0.15, -0.1) is 0 Å². The van der Waals surface area contributed by atoms with Crippen LogP contribution >= 0.6 is 0 Å². The average molecular weight is 476 g/mol. The third-order valence-corrected chi connectivity index (χ3v) is 5.07. The Morgan fingerprint density at radius 2 is 1.74 bits per heavy atom. The number of aromatic nitrogens is 2. The van der Waals surface area contributed by atoms with Crippen LogP contribution in [0.3, 0.4) is 0 Å². The Morgan fingerprint density at radius 1 is 1.09 bits per heavy atom. The Kier molecular flexibility index (Phi) is 7.39. The van der Waals surface area contributed by atoms with E-state index in [0.29, 0.717) is 10.1 Å². The van der Waals surface area contributed by atoms with Crippen LogP contribution in [0.15, 0.2) is 46.1 Å². The highest BCUT2D eigenvalue weighted by molar-refractivity contribution is 5.89. The molecule has 0 amide bonds. The van der Waals surface area contributed by atoms with E-state index < -0.39 is 59.9 Å². The summed E-state index contributed by atoms with van der Waals surface area (Å²) in [4.78, 5) is 49.9. The molecular formula is C23H28N2O9. The molecule has 2 heterocycles. The van der Waals surface area contributed by atoms with Crippen molar-refractivity contribution in [2.45, 2.75) is 64.4 Å². The van der Waals surface area contributed by atoms with Gasteiger partial charge in [0.15, 0.2) is 6.23 Å². The Labute approximate surface area is 195 Å². The fraction of sp³-hybridized carbons (Fsp3) is 0.478. The van der Waals surface area contributed by atoms with Crippen LogP contribution in [0, 0.1) is 6.92 Å². The number of benzene rings is 1. The van der Waals surface area contributed by atoms with E-state index in [2.05, 4.69) is 0 Å². The third kappa shape index (κ3) is 5.61. The van der Waals surface area contributed by atoms with E-state index in [0.717, 1.165) is 4.57 Å². The Morgan fingerprint density at radius 3 is 2.35 bits per heavy atom. The van der Waals surface area contributed by atoms with Crippen LogP contribution in [-0.2, 0) is 25.5 Å². The highest BCUT2D eigenvalue weighted by Gasteiger charge is 2.45. The maximum atomic E-state index is 13.0. The zero-order valence-corrected chi connectivity index (χ0v) is 19.3. The molecule has 11 heteroatoms. The van der Waals surface area contributed by atoms with Gasteiger partial charge in [-0.2, -0.15) is 0 Å². The van der Waals surface area contributed by atoms with E-state index in [1.54, 1.807) is 51.1 Å². The van der Waals surface area contributed by atoms with Gasteiger partial charge < -0.3 is 24.4 Å². The van der Waals surface area contributed by atoms with E-state index in [4.69, 9.17) is 14.2 Å². The number of carbonyl (C=O) groups excluding carboxylic acids is 2. The zero-order chi connectivity index (χ0) is 25.2. The molecule has 1 aliphatic rings. The van der Waals surface area contributed by atoms with E-state index in [1.165, 1.54) is 13.1 Å². The average Bonchev–Trinajstić information content (AvgIpc) is 3.05. The normalized spacial score (nSPS) is 22.4. The summed E-state index contributed by atoms with van der Waals surface area (Å²) >= 11 is 0. The third-order valence-electron chi connectivity index (χ3n) is 5.07. The zero-order valence-electron chi connectivity index (χ0n) is 19.3. The lowest BCUT2D eigenvalue weighted by atomic mass is 10.1. The topological polar surface area (TPSA) is 146 Å². The molecule has 0 radical (unpaired) electrons. The van der Waals surface area contributed by atoms with Crippen molar-refractivity contribution in [3.8, 4) is 0 Å². The minimum atomic E-state index is -1.56. The predicted molar refractivity (Wildman–Crippen MR) is 118 cm³/mol. The van der Waals surface area contributed by atoms with Crippen molar-refractivity contribution in [1.29, 1.82) is 0 Å². The van der Waals surface area contributed by atoms with Crippen molar-refractivity contribution in [3.05, 3.63) is 68.5 Å². The van der Waals surface area contributed by atoms with Crippen molar-refractivity contribution >= 4 is 11.9 Å². The molecular weight excluding hydrogens is 448 g/mol. The van der Waals surface area contributed by atoms with Gasteiger partial charge in [0, 0.05) is 11.8 Å². The molecule has 0 bridgehead atoms. The molecule has 184 valence electrons. The van der Waals surface area contributed by atoms with E-state index in [-0.39, 0.29) is 12.2 Å². The molecule has 0 saturated carbocycles. The van der Waals surface area contributed by atoms with Crippen molar-refractivity contribution in [2.24, 2.45) is 0 Å². The van der Waals surface area contributed by atoms with Crippen LogP contribution < -0.4 is 11.2 Å². The molecule has 34 heavy (non-hydrogen) atoms. The lowest BCUT2D eigenvalue weighted by Gasteiger charge is -2.21. The van der Waals surface area contributed by atoms with Gasteiger partial charge in [-0.25, -0.2) is 14.2 Å². The predicted octanol–water partition coefficient (Wildman–Crippen LogP) is 0.136.